The van der Waals surface area contributed by atoms with E-state index in [1.165, 1.54) is 6.92 Å². The van der Waals surface area contributed by atoms with Crippen LogP contribution < -0.4 is 0 Å². The van der Waals surface area contributed by atoms with Crippen LogP contribution in [-0.2, 0) is 14.3 Å². The van der Waals surface area contributed by atoms with Crippen LogP contribution >= 0.6 is 0 Å². The molecule has 0 saturated carbocycles. The van der Waals surface area contributed by atoms with Gasteiger partial charge in [-0.05, 0) is 45.7 Å². The zero-order valence-electron chi connectivity index (χ0n) is 10.4. The van der Waals surface area contributed by atoms with Gasteiger partial charge in [-0.15, -0.1) is 0 Å². The second-order valence-electron chi connectivity index (χ2n) is 4.48. The molecule has 0 amide bonds. The molecular weight excluding hydrogens is 205 g/mol. The van der Waals surface area contributed by atoms with Crippen LogP contribution in [0.1, 0.15) is 26.7 Å². The Balaban J connectivity index is 2.63. The van der Waals surface area contributed by atoms with E-state index in [1.54, 1.807) is 6.92 Å². The minimum Gasteiger partial charge on any atom is -0.465 e. The van der Waals surface area contributed by atoms with Gasteiger partial charge in [-0.25, -0.2) is 0 Å². The van der Waals surface area contributed by atoms with Gasteiger partial charge < -0.3 is 9.55 Å². The number of piperidine rings is 1. The van der Waals surface area contributed by atoms with Crippen LogP contribution in [0.15, 0.2) is 0 Å². The summed E-state index contributed by atoms with van der Waals surface area (Å²) < 4.78 is 4.97. The first-order chi connectivity index (χ1) is 7.56. The summed E-state index contributed by atoms with van der Waals surface area (Å²) in [6.45, 7) is 5.50. The summed E-state index contributed by atoms with van der Waals surface area (Å²) in [6, 6.07) is 0. The third kappa shape index (κ3) is 3.34. The molecule has 0 aliphatic carbocycles. The predicted molar refractivity (Wildman–Crippen MR) is 63.6 cm³/mol. The Kier molecular flexibility index (Phi) is 4.99. The molecule has 16 heavy (non-hydrogen) atoms. The normalized spacial score (nSPS) is 20.4. The van der Waals surface area contributed by atoms with E-state index in [9.17, 15) is 9.59 Å². The number of ether oxygens (including phenoxy) is 1. The molecule has 1 heterocycles. The van der Waals surface area contributed by atoms with E-state index in [0.717, 1.165) is 25.9 Å². The number of carbonyl (C=O) groups is 2. The molecule has 90 valence electrons. The molecule has 1 saturated heterocycles. The van der Waals surface area contributed by atoms with Gasteiger partial charge in [0, 0.05) is 0 Å². The van der Waals surface area contributed by atoms with Crippen LogP contribution in [0.4, 0.5) is 0 Å². The van der Waals surface area contributed by atoms with Gasteiger partial charge in [-0.1, -0.05) is 0 Å². The standard InChI is InChI=1S/C11H20BNO3/c1-3-16-11(15)10(8(2)14)9-4-6-13(12)7-5-9/h9-10H,3-7,12H2,1-2H3. The maximum atomic E-state index is 11.7. The molecule has 0 N–H and O–H groups in total. The molecule has 5 heteroatoms. The van der Waals surface area contributed by atoms with E-state index in [2.05, 4.69) is 12.8 Å². The minimum absolute atomic E-state index is 0.0620. The van der Waals surface area contributed by atoms with Crippen LogP contribution in [-0.4, -0.2) is 44.2 Å². The SMILES string of the molecule is BN1CCC(C(C(C)=O)C(=O)OCC)CC1. The lowest BCUT2D eigenvalue weighted by molar-refractivity contribution is -0.154. The Labute approximate surface area is 97.8 Å². The molecule has 0 bridgehead atoms. The van der Waals surface area contributed by atoms with Crippen molar-refractivity contribution >= 4 is 19.7 Å². The van der Waals surface area contributed by atoms with Crippen molar-refractivity contribution in [1.82, 2.24) is 4.81 Å². The Hall–Kier alpha value is -0.835. The molecule has 1 atom stereocenters. The molecule has 0 spiro atoms. The lowest BCUT2D eigenvalue weighted by Gasteiger charge is -2.32. The van der Waals surface area contributed by atoms with Gasteiger partial charge >= 0.3 is 5.97 Å². The molecule has 1 rings (SSSR count). The zero-order valence-corrected chi connectivity index (χ0v) is 10.4. The highest BCUT2D eigenvalue weighted by molar-refractivity contribution is 6.04. The van der Waals surface area contributed by atoms with E-state index in [1.807, 2.05) is 0 Å². The first-order valence-corrected chi connectivity index (χ1v) is 5.92. The highest BCUT2D eigenvalue weighted by Crippen LogP contribution is 2.26. The highest BCUT2D eigenvalue weighted by atomic mass is 16.5. The number of hydrogen-bond donors (Lipinski definition) is 0. The fourth-order valence-corrected chi connectivity index (χ4v) is 2.28. The lowest BCUT2D eigenvalue weighted by atomic mass is 9.81. The van der Waals surface area contributed by atoms with E-state index < -0.39 is 5.92 Å². The monoisotopic (exact) mass is 225 g/mol. The van der Waals surface area contributed by atoms with Gasteiger partial charge in [-0.2, -0.15) is 0 Å². The second-order valence-corrected chi connectivity index (χ2v) is 4.48. The van der Waals surface area contributed by atoms with Crippen LogP contribution in [0.5, 0.6) is 0 Å². The van der Waals surface area contributed by atoms with Crippen molar-refractivity contribution in [2.24, 2.45) is 11.8 Å². The molecule has 0 aromatic rings. The lowest BCUT2D eigenvalue weighted by Crippen LogP contribution is -2.39. The summed E-state index contributed by atoms with van der Waals surface area (Å²) in [7, 11) is 2.06. The summed E-state index contributed by atoms with van der Waals surface area (Å²) in [5, 5.41) is 0. The van der Waals surface area contributed by atoms with Crippen molar-refractivity contribution in [2.45, 2.75) is 26.7 Å². The van der Waals surface area contributed by atoms with Crippen molar-refractivity contribution in [3.8, 4) is 0 Å². The van der Waals surface area contributed by atoms with E-state index in [0.29, 0.717) is 6.61 Å². The van der Waals surface area contributed by atoms with Crippen molar-refractivity contribution in [3.05, 3.63) is 0 Å². The average molecular weight is 225 g/mol. The van der Waals surface area contributed by atoms with Crippen LogP contribution in [0.25, 0.3) is 0 Å². The van der Waals surface area contributed by atoms with Gasteiger partial charge in [0.05, 0.1) is 6.61 Å². The average Bonchev–Trinajstić information content (AvgIpc) is 2.21. The molecule has 0 aromatic carbocycles. The maximum Gasteiger partial charge on any atom is 0.316 e. The van der Waals surface area contributed by atoms with Crippen molar-refractivity contribution in [1.29, 1.82) is 0 Å². The summed E-state index contributed by atoms with van der Waals surface area (Å²) in [6.07, 6.45) is 1.80. The molecule has 0 aromatic heterocycles. The number of rotatable bonds is 4. The topological polar surface area (TPSA) is 46.6 Å². The van der Waals surface area contributed by atoms with Crippen LogP contribution in [0.2, 0.25) is 0 Å². The Bertz CT molecular complexity index is 262. The van der Waals surface area contributed by atoms with E-state index in [-0.39, 0.29) is 17.7 Å². The zero-order chi connectivity index (χ0) is 12.1. The fourth-order valence-electron chi connectivity index (χ4n) is 2.28. The summed E-state index contributed by atoms with van der Waals surface area (Å²) in [4.78, 5) is 25.5. The summed E-state index contributed by atoms with van der Waals surface area (Å²) in [5.41, 5.74) is 0. The smallest absolute Gasteiger partial charge is 0.316 e. The number of nitrogens with zero attached hydrogens (tertiary/aromatic N) is 1. The number of esters is 1. The summed E-state index contributed by atoms with van der Waals surface area (Å²) >= 11 is 0. The molecule has 1 unspecified atom stereocenters. The number of Topliss-reactive ketones (excluding diaryl/α,β-unsaturated/α-hetero) is 1. The van der Waals surface area contributed by atoms with Gasteiger partial charge in [0.25, 0.3) is 0 Å². The Morgan fingerprint density at radius 3 is 2.44 bits per heavy atom. The largest absolute Gasteiger partial charge is 0.465 e. The third-order valence-corrected chi connectivity index (χ3v) is 3.21. The van der Waals surface area contributed by atoms with E-state index in [4.69, 9.17) is 4.74 Å². The number of ketones is 1. The molecule has 1 aliphatic rings. The number of hydrogen-bond acceptors (Lipinski definition) is 4. The molecule has 1 fully saturated rings. The Morgan fingerprint density at radius 2 is 2.00 bits per heavy atom. The van der Waals surface area contributed by atoms with E-state index >= 15 is 0 Å². The number of carbonyl (C=O) groups excluding carboxylic acids is 2. The fraction of sp³-hybridized carbons (Fsp3) is 0.818. The molecule has 1 aliphatic heterocycles. The van der Waals surface area contributed by atoms with Gasteiger partial charge in [-0.3, -0.25) is 9.59 Å². The Morgan fingerprint density at radius 1 is 1.44 bits per heavy atom. The van der Waals surface area contributed by atoms with Gasteiger partial charge in [0.1, 0.15) is 11.7 Å². The van der Waals surface area contributed by atoms with Crippen molar-refractivity contribution in [2.75, 3.05) is 19.7 Å². The predicted octanol–water partition coefficient (Wildman–Crippen LogP) is 0.0148. The van der Waals surface area contributed by atoms with Crippen molar-refractivity contribution in [3.63, 3.8) is 0 Å². The maximum absolute atomic E-state index is 11.7. The summed E-state index contributed by atoms with van der Waals surface area (Å²) in [5.74, 6) is -0.793. The highest BCUT2D eigenvalue weighted by Gasteiger charge is 2.34. The second kappa shape index (κ2) is 6.04. The quantitative estimate of drug-likeness (QED) is 0.384. The van der Waals surface area contributed by atoms with Gasteiger partial charge in [0.15, 0.2) is 7.98 Å². The minimum atomic E-state index is -0.548. The first kappa shape index (κ1) is 13.2. The van der Waals surface area contributed by atoms with Crippen molar-refractivity contribution < 1.29 is 14.3 Å². The van der Waals surface area contributed by atoms with Crippen LogP contribution in [0, 0.1) is 11.8 Å². The molecule has 0 radical (unpaired) electrons. The molecular formula is C11H20BNO3. The third-order valence-electron chi connectivity index (χ3n) is 3.21. The molecule has 4 nitrogen and oxygen atoms in total. The first-order valence-electron chi connectivity index (χ1n) is 5.92. The van der Waals surface area contributed by atoms with Gasteiger partial charge in [0.2, 0.25) is 0 Å². The van der Waals surface area contributed by atoms with Crippen LogP contribution in [0.3, 0.4) is 0 Å².